The Kier molecular flexibility index (Phi) is 5.70. The zero-order valence-corrected chi connectivity index (χ0v) is 17.5. The van der Waals surface area contributed by atoms with Crippen LogP contribution in [-0.2, 0) is 4.79 Å². The first-order valence-corrected chi connectivity index (χ1v) is 9.56. The third-order valence-electron chi connectivity index (χ3n) is 4.99. The van der Waals surface area contributed by atoms with Crippen LogP contribution >= 0.6 is 0 Å². The predicted octanol–water partition coefficient (Wildman–Crippen LogP) is 5.57. The summed E-state index contributed by atoms with van der Waals surface area (Å²) in [6.07, 6.45) is 1.66. The topological polar surface area (TPSA) is 57.8 Å². The molecule has 0 saturated heterocycles. The summed E-state index contributed by atoms with van der Waals surface area (Å²) >= 11 is 0. The van der Waals surface area contributed by atoms with Gasteiger partial charge in [0, 0.05) is 22.8 Å². The van der Waals surface area contributed by atoms with Crippen LogP contribution in [0.5, 0.6) is 0 Å². The molecule has 0 aliphatic rings. The molecule has 1 aromatic heterocycles. The molecule has 3 rings (SSSR count). The van der Waals surface area contributed by atoms with Crippen LogP contribution in [0.1, 0.15) is 33.6 Å². The molecule has 0 atom stereocenters. The normalized spacial score (nSPS) is 11.2. The van der Waals surface area contributed by atoms with Crippen molar-refractivity contribution in [1.82, 2.24) is 4.57 Å². The monoisotopic (exact) mass is 383 g/mol. The second-order valence-corrected chi connectivity index (χ2v) is 7.45. The molecule has 3 aromatic rings. The molecule has 1 amide bonds. The number of hydrogen-bond donors (Lipinski definition) is 1. The Morgan fingerprint density at radius 1 is 1.00 bits per heavy atom. The predicted molar refractivity (Wildman–Crippen MR) is 118 cm³/mol. The van der Waals surface area contributed by atoms with Crippen molar-refractivity contribution in [3.63, 3.8) is 0 Å². The van der Waals surface area contributed by atoms with Gasteiger partial charge in [-0.1, -0.05) is 24.3 Å². The van der Waals surface area contributed by atoms with Crippen LogP contribution < -0.4 is 5.32 Å². The first kappa shape index (κ1) is 20.2. The number of rotatable bonds is 4. The van der Waals surface area contributed by atoms with Crippen molar-refractivity contribution in [2.45, 2.75) is 34.6 Å². The Hall–Kier alpha value is -3.58. The number of anilines is 1. The van der Waals surface area contributed by atoms with Gasteiger partial charge < -0.3 is 9.88 Å². The summed E-state index contributed by atoms with van der Waals surface area (Å²) in [6.45, 7) is 10.1. The van der Waals surface area contributed by atoms with E-state index in [-0.39, 0.29) is 5.57 Å². The van der Waals surface area contributed by atoms with Gasteiger partial charge in [0.05, 0.1) is 0 Å². The zero-order valence-electron chi connectivity index (χ0n) is 17.5. The van der Waals surface area contributed by atoms with E-state index >= 15 is 0 Å². The van der Waals surface area contributed by atoms with E-state index in [2.05, 4.69) is 41.9 Å². The van der Waals surface area contributed by atoms with Gasteiger partial charge in [-0.05, 0) is 87.2 Å². The van der Waals surface area contributed by atoms with Crippen molar-refractivity contribution >= 4 is 17.7 Å². The average molecular weight is 383 g/mol. The van der Waals surface area contributed by atoms with Crippen molar-refractivity contribution in [2.75, 3.05) is 5.32 Å². The number of carbonyl (C=O) groups is 1. The summed E-state index contributed by atoms with van der Waals surface area (Å²) in [4.78, 5) is 12.7. The molecule has 0 fully saturated rings. The number of hydrogen-bond acceptors (Lipinski definition) is 2. The molecule has 0 unspecified atom stereocenters. The molecular weight excluding hydrogens is 358 g/mol. The summed E-state index contributed by atoms with van der Waals surface area (Å²) < 4.78 is 2.15. The van der Waals surface area contributed by atoms with Crippen LogP contribution in [0.2, 0.25) is 0 Å². The highest BCUT2D eigenvalue weighted by molar-refractivity contribution is 6.10. The third kappa shape index (κ3) is 4.30. The summed E-state index contributed by atoms with van der Waals surface area (Å²) in [5, 5.41) is 12.4. The van der Waals surface area contributed by atoms with Gasteiger partial charge in [-0.3, -0.25) is 4.79 Å². The molecule has 0 bridgehead atoms. The van der Waals surface area contributed by atoms with Gasteiger partial charge in [-0.2, -0.15) is 5.26 Å². The summed E-state index contributed by atoms with van der Waals surface area (Å²) in [7, 11) is 0. The van der Waals surface area contributed by atoms with Crippen LogP contribution in [0.15, 0.2) is 54.1 Å². The number of aryl methyl sites for hydroxylation is 4. The zero-order chi connectivity index (χ0) is 21.1. The van der Waals surface area contributed by atoms with Gasteiger partial charge in [-0.15, -0.1) is 0 Å². The number of nitriles is 1. The van der Waals surface area contributed by atoms with Crippen molar-refractivity contribution in [3.8, 4) is 11.8 Å². The molecule has 0 aliphatic heterocycles. The summed E-state index contributed by atoms with van der Waals surface area (Å²) in [6, 6.07) is 18.0. The number of carbonyl (C=O) groups excluding carboxylic acids is 1. The Morgan fingerprint density at radius 2 is 1.66 bits per heavy atom. The van der Waals surface area contributed by atoms with E-state index in [1.807, 2.05) is 57.2 Å². The largest absolute Gasteiger partial charge is 0.321 e. The average Bonchev–Trinajstić information content (AvgIpc) is 2.94. The van der Waals surface area contributed by atoms with E-state index < -0.39 is 5.91 Å². The minimum absolute atomic E-state index is 0.0777. The highest BCUT2D eigenvalue weighted by Gasteiger charge is 2.15. The number of amides is 1. The quantitative estimate of drug-likeness (QED) is 0.473. The SMILES string of the molecule is Cc1cc(C)cc(-n2c(C)cc(C=C(C#N)C(=O)Nc3ccccc3C)c2C)c1. The second-order valence-electron chi connectivity index (χ2n) is 7.45. The lowest BCUT2D eigenvalue weighted by atomic mass is 10.1. The summed E-state index contributed by atoms with van der Waals surface area (Å²) in [5.41, 5.74) is 8.11. The Balaban J connectivity index is 1.98. The van der Waals surface area contributed by atoms with Crippen LogP contribution in [0.4, 0.5) is 5.69 Å². The molecule has 0 saturated carbocycles. The molecule has 1 N–H and O–H groups in total. The van der Waals surface area contributed by atoms with Crippen LogP contribution in [0.25, 0.3) is 11.8 Å². The van der Waals surface area contributed by atoms with Crippen molar-refractivity contribution in [1.29, 1.82) is 5.26 Å². The van der Waals surface area contributed by atoms with Crippen molar-refractivity contribution in [3.05, 3.63) is 87.7 Å². The molecule has 1 heterocycles. The highest BCUT2D eigenvalue weighted by atomic mass is 16.1. The lowest BCUT2D eigenvalue weighted by molar-refractivity contribution is -0.112. The van der Waals surface area contributed by atoms with E-state index in [4.69, 9.17) is 0 Å². The van der Waals surface area contributed by atoms with E-state index in [9.17, 15) is 10.1 Å². The fourth-order valence-corrected chi connectivity index (χ4v) is 3.62. The lowest BCUT2D eigenvalue weighted by Gasteiger charge is -2.12. The first-order valence-electron chi connectivity index (χ1n) is 9.56. The van der Waals surface area contributed by atoms with Crippen LogP contribution in [0, 0.1) is 45.9 Å². The van der Waals surface area contributed by atoms with E-state index in [0.717, 1.165) is 28.2 Å². The molecule has 0 aliphatic carbocycles. The van der Waals surface area contributed by atoms with Crippen molar-refractivity contribution < 1.29 is 4.79 Å². The van der Waals surface area contributed by atoms with E-state index in [0.29, 0.717) is 5.69 Å². The molecule has 4 heteroatoms. The van der Waals surface area contributed by atoms with Crippen molar-refractivity contribution in [2.24, 2.45) is 0 Å². The van der Waals surface area contributed by atoms with Gasteiger partial charge in [0.2, 0.25) is 0 Å². The molecular formula is C25H25N3O. The Morgan fingerprint density at radius 3 is 2.28 bits per heavy atom. The van der Waals surface area contributed by atoms with E-state index in [1.165, 1.54) is 11.1 Å². The maximum absolute atomic E-state index is 12.7. The van der Waals surface area contributed by atoms with Gasteiger partial charge in [0.1, 0.15) is 11.6 Å². The standard InChI is InChI=1S/C25H25N3O/c1-16-10-17(2)12-23(11-16)28-19(4)13-21(20(28)5)14-22(15-26)25(29)27-24-9-7-6-8-18(24)3/h6-14H,1-5H3,(H,27,29). The molecule has 29 heavy (non-hydrogen) atoms. The fraction of sp³-hybridized carbons (Fsp3) is 0.200. The van der Waals surface area contributed by atoms with Gasteiger partial charge in [0.25, 0.3) is 5.91 Å². The number of nitrogens with zero attached hydrogens (tertiary/aromatic N) is 2. The molecule has 0 spiro atoms. The number of aromatic nitrogens is 1. The Labute approximate surface area is 172 Å². The van der Waals surface area contributed by atoms with Crippen LogP contribution in [0.3, 0.4) is 0 Å². The molecule has 4 nitrogen and oxygen atoms in total. The van der Waals surface area contributed by atoms with Gasteiger partial charge in [-0.25, -0.2) is 0 Å². The number of nitrogens with one attached hydrogen (secondary N) is 1. The molecule has 2 aromatic carbocycles. The second kappa shape index (κ2) is 8.20. The van der Waals surface area contributed by atoms with Crippen LogP contribution in [-0.4, -0.2) is 10.5 Å². The van der Waals surface area contributed by atoms with Gasteiger partial charge >= 0.3 is 0 Å². The summed E-state index contributed by atoms with van der Waals surface area (Å²) in [5.74, 6) is -0.405. The highest BCUT2D eigenvalue weighted by Crippen LogP contribution is 2.25. The minimum atomic E-state index is -0.405. The first-order chi connectivity index (χ1) is 13.8. The minimum Gasteiger partial charge on any atom is -0.321 e. The Bertz CT molecular complexity index is 1140. The smallest absolute Gasteiger partial charge is 0.266 e. The van der Waals surface area contributed by atoms with Gasteiger partial charge in [0.15, 0.2) is 0 Å². The lowest BCUT2D eigenvalue weighted by Crippen LogP contribution is -2.14. The fourth-order valence-electron chi connectivity index (χ4n) is 3.62. The number of para-hydroxylation sites is 1. The third-order valence-corrected chi connectivity index (χ3v) is 4.99. The maximum atomic E-state index is 12.7. The van der Waals surface area contributed by atoms with E-state index in [1.54, 1.807) is 6.08 Å². The number of benzene rings is 2. The maximum Gasteiger partial charge on any atom is 0.266 e. The molecule has 0 radical (unpaired) electrons. The molecule has 146 valence electrons.